The van der Waals surface area contributed by atoms with Gasteiger partial charge in [0.15, 0.2) is 5.54 Å². The van der Waals surface area contributed by atoms with Crippen LogP contribution in [0.2, 0.25) is 0 Å². The van der Waals surface area contributed by atoms with Gasteiger partial charge in [-0.15, -0.1) is 0 Å². The summed E-state index contributed by atoms with van der Waals surface area (Å²) in [5.74, 6) is -4.21. The highest BCUT2D eigenvalue weighted by Gasteiger charge is 2.36. The summed E-state index contributed by atoms with van der Waals surface area (Å²) in [6.45, 7) is 7.37. The van der Waals surface area contributed by atoms with Crippen LogP contribution in [0.4, 0.5) is 5.69 Å². The molecule has 0 bridgehead atoms. The zero-order valence-electron chi connectivity index (χ0n) is 27.9. The number of aromatic carboxylic acids is 2. The Morgan fingerprint density at radius 1 is 0.840 bits per heavy atom. The van der Waals surface area contributed by atoms with Gasteiger partial charge in [-0.2, -0.15) is 0 Å². The Balaban J connectivity index is 1.79. The molecule has 6 rings (SSSR count). The van der Waals surface area contributed by atoms with Gasteiger partial charge in [0.05, 0.1) is 60.4 Å². The zero-order chi connectivity index (χ0) is 36.9. The van der Waals surface area contributed by atoms with Crippen LogP contribution in [-0.2, 0) is 20.2 Å². The van der Waals surface area contributed by atoms with E-state index in [1.165, 1.54) is 12.1 Å². The number of carboxylic acid groups (broad SMARTS) is 2. The van der Waals surface area contributed by atoms with Crippen molar-refractivity contribution >= 4 is 54.6 Å². The molecule has 50 heavy (non-hydrogen) atoms. The number of fused-ring (bicyclic) bond motifs is 4. The van der Waals surface area contributed by atoms with Gasteiger partial charge in [0.2, 0.25) is 5.36 Å². The molecule has 3 aromatic rings. The third kappa shape index (κ3) is 6.10. The van der Waals surface area contributed by atoms with E-state index in [9.17, 15) is 45.7 Å². The van der Waals surface area contributed by atoms with Gasteiger partial charge in [0.25, 0.3) is 0 Å². The molecule has 0 atom stereocenters. The molecule has 0 spiro atoms. The number of ether oxygens (including phenoxy) is 1. The number of benzene rings is 3. The maximum Gasteiger partial charge on any atom is 0.336 e. The predicted molar refractivity (Wildman–Crippen MR) is 180 cm³/mol. The minimum absolute atomic E-state index is 0.0612. The SMILES string of the molecule is CN1c2cc3c(cc2C(CS(=O)(=O)[O-])=CC1(C)C)C(c1ccc(C(=O)[O-])cc1C(=O)O)=c1cc2c(cc1O3)=[N+](C)C(C)(C)C=C2CS(=O)(=O)[O-]. The van der Waals surface area contributed by atoms with E-state index in [1.807, 2.05) is 37.2 Å². The fourth-order valence-electron chi connectivity index (χ4n) is 6.83. The number of nitrogens with zero attached hydrogens (tertiary/aromatic N) is 2. The van der Waals surface area contributed by atoms with Crippen molar-refractivity contribution in [3.05, 3.63) is 98.6 Å². The molecule has 0 saturated carbocycles. The van der Waals surface area contributed by atoms with Crippen molar-refractivity contribution < 1.29 is 50.5 Å². The van der Waals surface area contributed by atoms with Crippen molar-refractivity contribution in [3.63, 3.8) is 0 Å². The molecule has 3 aliphatic rings. The third-order valence-corrected chi connectivity index (χ3v) is 10.9. The number of hydrogen-bond acceptors (Lipinski definition) is 11. The molecule has 0 amide bonds. The first kappa shape index (κ1) is 35.0. The molecule has 0 saturated heterocycles. The van der Waals surface area contributed by atoms with E-state index in [2.05, 4.69) is 0 Å². The summed E-state index contributed by atoms with van der Waals surface area (Å²) in [4.78, 5) is 26.3. The van der Waals surface area contributed by atoms with Crippen LogP contribution >= 0.6 is 0 Å². The van der Waals surface area contributed by atoms with Crippen LogP contribution in [0, 0.1) is 0 Å². The Hall–Kier alpha value is -4.83. The van der Waals surface area contributed by atoms with Crippen LogP contribution in [0.5, 0.6) is 11.5 Å². The van der Waals surface area contributed by atoms with Gasteiger partial charge in [-0.3, -0.25) is 0 Å². The van der Waals surface area contributed by atoms with E-state index in [-0.39, 0.29) is 50.1 Å². The minimum Gasteiger partial charge on any atom is -0.748 e. The minimum atomic E-state index is -4.75. The number of carboxylic acids is 2. The fourth-order valence-corrected chi connectivity index (χ4v) is 8.07. The average Bonchev–Trinajstić information content (AvgIpc) is 2.98. The Labute approximate surface area is 288 Å². The van der Waals surface area contributed by atoms with Crippen molar-refractivity contribution in [1.29, 1.82) is 0 Å². The lowest BCUT2D eigenvalue weighted by molar-refractivity contribution is -0.255. The molecular formula is C35H32N2O11S2-2. The Morgan fingerprint density at radius 3 is 2.04 bits per heavy atom. The van der Waals surface area contributed by atoms with Crippen LogP contribution in [0.15, 0.2) is 54.6 Å². The molecule has 0 aromatic heterocycles. The number of carbonyl (C=O) groups excluding carboxylic acids is 1. The van der Waals surface area contributed by atoms with Crippen molar-refractivity contribution in [3.8, 4) is 11.5 Å². The molecule has 13 nitrogen and oxygen atoms in total. The van der Waals surface area contributed by atoms with Crippen LogP contribution < -0.4 is 29.9 Å². The number of likely N-dealkylation sites (N-methyl/N-ethyl adjacent to an activating group) is 2. The van der Waals surface area contributed by atoms with Crippen LogP contribution in [0.25, 0.3) is 16.7 Å². The summed E-state index contributed by atoms with van der Waals surface area (Å²) in [5.41, 5.74) is 0.0564. The van der Waals surface area contributed by atoms with Crippen LogP contribution in [0.1, 0.15) is 70.7 Å². The lowest BCUT2D eigenvalue weighted by atomic mass is 9.83. The smallest absolute Gasteiger partial charge is 0.336 e. The number of carbonyl (C=O) groups is 2. The summed E-state index contributed by atoms with van der Waals surface area (Å²) in [5, 5.41) is 22.9. The second-order valence-corrected chi connectivity index (χ2v) is 16.5. The summed E-state index contributed by atoms with van der Waals surface area (Å²) in [6.07, 6.45) is 3.33. The number of anilines is 1. The predicted octanol–water partition coefficient (Wildman–Crippen LogP) is 1.10. The van der Waals surface area contributed by atoms with Crippen LogP contribution in [0.3, 0.4) is 0 Å². The third-order valence-electron chi connectivity index (χ3n) is 9.57. The van der Waals surface area contributed by atoms with Gasteiger partial charge >= 0.3 is 5.97 Å². The molecule has 0 unspecified atom stereocenters. The molecule has 0 radical (unpaired) electrons. The summed E-state index contributed by atoms with van der Waals surface area (Å²) >= 11 is 0. The maximum atomic E-state index is 12.7. The summed E-state index contributed by atoms with van der Waals surface area (Å²) < 4.78 is 80.7. The van der Waals surface area contributed by atoms with E-state index in [0.717, 1.165) is 6.07 Å². The monoisotopic (exact) mass is 720 g/mol. The number of rotatable bonds is 7. The standard InChI is InChI=1S/C35H34N2O11S2/c1-34(2)14-19(16-49(42,43)44)22-10-25-29(12-27(22)36(34)5)48-30-13-28-23(20(17-50(45,46)47)15-35(3,4)37(28)6)11-26(30)31(25)21-8-7-18(32(38)39)9-24(21)33(40)41/h7-15H,16-17H2,1-6H3,(H3-,38,39,40,41,42,43,44,45,46,47)/p-2. The van der Waals surface area contributed by atoms with Gasteiger partial charge in [0.1, 0.15) is 18.5 Å². The quantitative estimate of drug-likeness (QED) is 0.210. The molecule has 0 aliphatic carbocycles. The summed E-state index contributed by atoms with van der Waals surface area (Å²) in [7, 11) is -5.91. The van der Waals surface area contributed by atoms with E-state index < -0.39 is 60.3 Å². The maximum absolute atomic E-state index is 12.7. The van der Waals surface area contributed by atoms with Crippen molar-refractivity contribution in [2.45, 2.75) is 38.8 Å². The van der Waals surface area contributed by atoms with Crippen molar-refractivity contribution in [2.75, 3.05) is 30.5 Å². The van der Waals surface area contributed by atoms with Gasteiger partial charge < -0.3 is 33.7 Å². The fraction of sp³-hybridized carbons (Fsp3) is 0.286. The molecule has 0 fully saturated rings. The summed E-state index contributed by atoms with van der Waals surface area (Å²) in [6, 6.07) is 9.98. The topological polar surface area (TPSA) is 207 Å². The second-order valence-electron chi connectivity index (χ2n) is 13.7. The first-order valence-corrected chi connectivity index (χ1v) is 18.4. The highest BCUT2D eigenvalue weighted by molar-refractivity contribution is 7.86. The average molecular weight is 721 g/mol. The van der Waals surface area contributed by atoms with Crippen LogP contribution in [-0.4, -0.2) is 79.7 Å². The van der Waals surface area contributed by atoms with E-state index in [1.54, 1.807) is 50.5 Å². The Kier molecular flexibility index (Phi) is 7.95. The first-order valence-electron chi connectivity index (χ1n) is 15.3. The molecule has 262 valence electrons. The zero-order valence-corrected chi connectivity index (χ0v) is 29.5. The molecule has 3 heterocycles. The van der Waals surface area contributed by atoms with Gasteiger partial charge in [-0.05, 0) is 60.4 Å². The Morgan fingerprint density at radius 2 is 1.46 bits per heavy atom. The van der Waals surface area contributed by atoms with Gasteiger partial charge in [0, 0.05) is 54.6 Å². The first-order chi connectivity index (χ1) is 23.0. The van der Waals surface area contributed by atoms with Gasteiger partial charge in [-0.1, -0.05) is 18.2 Å². The Bertz CT molecular complexity index is 2490. The van der Waals surface area contributed by atoms with Crippen molar-refractivity contribution in [1.82, 2.24) is 4.58 Å². The molecular weight excluding hydrogens is 689 g/mol. The van der Waals surface area contributed by atoms with Gasteiger partial charge in [-0.25, -0.2) is 26.2 Å². The second kappa shape index (κ2) is 11.3. The van der Waals surface area contributed by atoms with E-state index in [0.29, 0.717) is 22.2 Å². The molecule has 1 N–H and O–H groups in total. The van der Waals surface area contributed by atoms with E-state index in [4.69, 9.17) is 4.74 Å². The highest BCUT2D eigenvalue weighted by atomic mass is 32.2. The molecule has 15 heteroatoms. The van der Waals surface area contributed by atoms with E-state index >= 15 is 0 Å². The highest BCUT2D eigenvalue weighted by Crippen LogP contribution is 2.46. The molecule has 3 aromatic carbocycles. The largest absolute Gasteiger partial charge is 0.748 e. The lowest BCUT2D eigenvalue weighted by Crippen LogP contribution is -2.47. The van der Waals surface area contributed by atoms with Crippen molar-refractivity contribution in [2.24, 2.45) is 0 Å². The molecule has 3 aliphatic heterocycles. The lowest BCUT2D eigenvalue weighted by Gasteiger charge is -2.42. The normalized spacial score (nSPS) is 17.4. The number of hydrogen-bond donors (Lipinski definition) is 1.